The van der Waals surface area contributed by atoms with Crippen LogP contribution in [0.2, 0.25) is 0 Å². The largest absolute Gasteiger partial charge is 0.371 e. The van der Waals surface area contributed by atoms with Gasteiger partial charge in [-0.15, -0.1) is 0 Å². The molecule has 0 saturated carbocycles. The lowest BCUT2D eigenvalue weighted by atomic mass is 10.1. The zero-order valence-electron chi connectivity index (χ0n) is 12.1. The lowest BCUT2D eigenvalue weighted by molar-refractivity contribution is -0.383. The molecule has 2 rings (SSSR count). The number of H-pyrrole nitrogens is 1. The Morgan fingerprint density at radius 3 is 2.77 bits per heavy atom. The predicted molar refractivity (Wildman–Crippen MR) is 84.2 cm³/mol. The number of hydrogen-bond donors (Lipinski definition) is 2. The monoisotopic (exact) mass is 344 g/mol. The summed E-state index contributed by atoms with van der Waals surface area (Å²) >= 11 is 0.887. The van der Waals surface area contributed by atoms with Crippen LogP contribution >= 0.6 is 11.3 Å². The fourth-order valence-corrected chi connectivity index (χ4v) is 3.88. The zero-order valence-corrected chi connectivity index (χ0v) is 13.8. The number of aromatic nitrogens is 2. The van der Waals surface area contributed by atoms with Gasteiger partial charge in [-0.05, 0) is 25.3 Å². The molecule has 2 aromatic rings. The van der Waals surface area contributed by atoms with E-state index in [2.05, 4.69) is 15.5 Å². The maximum absolute atomic E-state index is 11.5. The average Bonchev–Trinajstić information content (AvgIpc) is 3.00. The normalized spacial score (nSPS) is 11.5. The van der Waals surface area contributed by atoms with Crippen LogP contribution in [0.5, 0.6) is 0 Å². The van der Waals surface area contributed by atoms with Crippen molar-refractivity contribution in [2.24, 2.45) is 0 Å². The third-order valence-corrected chi connectivity index (χ3v) is 5.98. The summed E-state index contributed by atoms with van der Waals surface area (Å²) in [6, 6.07) is 1.10. The van der Waals surface area contributed by atoms with Crippen molar-refractivity contribution in [2.75, 3.05) is 18.1 Å². The molecule has 0 amide bonds. The summed E-state index contributed by atoms with van der Waals surface area (Å²) in [5.41, 5.74) is 1.89. The molecule has 0 radical (unpaired) electrons. The molecule has 0 aliphatic carbocycles. The van der Waals surface area contributed by atoms with Gasteiger partial charge in [-0.1, -0.05) is 11.3 Å². The molecular formula is C12H16N4O4S2. The first kappa shape index (κ1) is 16.4. The lowest BCUT2D eigenvalue weighted by Gasteiger charge is -2.03. The summed E-state index contributed by atoms with van der Waals surface area (Å²) in [5.74, 6) is 0. The van der Waals surface area contributed by atoms with E-state index >= 15 is 0 Å². The molecule has 0 unspecified atom stereocenters. The minimum atomic E-state index is -3.45. The number of aryl methyl sites for hydroxylation is 2. The SMILES string of the molecule is Cc1[nH]ncc1CCCNc1sc(S(C)(=O)=O)cc1[N+](=O)[O-]. The first-order chi connectivity index (χ1) is 10.3. The van der Waals surface area contributed by atoms with E-state index in [4.69, 9.17) is 0 Å². The smallest absolute Gasteiger partial charge is 0.304 e. The maximum atomic E-state index is 11.5. The van der Waals surface area contributed by atoms with E-state index in [-0.39, 0.29) is 14.9 Å². The second-order valence-corrected chi connectivity index (χ2v) is 8.15. The van der Waals surface area contributed by atoms with Gasteiger partial charge in [0.1, 0.15) is 4.21 Å². The Morgan fingerprint density at radius 1 is 1.50 bits per heavy atom. The quantitative estimate of drug-likeness (QED) is 0.451. The highest BCUT2D eigenvalue weighted by Crippen LogP contribution is 2.36. The van der Waals surface area contributed by atoms with Crippen molar-refractivity contribution in [2.45, 2.75) is 24.0 Å². The molecule has 0 spiro atoms. The highest BCUT2D eigenvalue weighted by molar-refractivity contribution is 7.92. The van der Waals surface area contributed by atoms with E-state index in [1.165, 1.54) is 0 Å². The van der Waals surface area contributed by atoms with Crippen LogP contribution in [0.25, 0.3) is 0 Å². The van der Waals surface area contributed by atoms with E-state index in [9.17, 15) is 18.5 Å². The summed E-state index contributed by atoms with van der Waals surface area (Å²) < 4.78 is 23.0. The predicted octanol–water partition coefficient (Wildman–Crippen LogP) is 2.14. The molecule has 0 saturated heterocycles. The van der Waals surface area contributed by atoms with Crippen LogP contribution in [0.15, 0.2) is 16.5 Å². The molecule has 0 aliphatic heterocycles. The van der Waals surface area contributed by atoms with Crippen molar-refractivity contribution < 1.29 is 13.3 Å². The molecule has 0 atom stereocenters. The average molecular weight is 344 g/mol. The van der Waals surface area contributed by atoms with Gasteiger partial charge in [0.2, 0.25) is 0 Å². The third-order valence-electron chi connectivity index (χ3n) is 3.09. The van der Waals surface area contributed by atoms with Crippen LogP contribution in [-0.2, 0) is 16.3 Å². The van der Waals surface area contributed by atoms with Crippen LogP contribution in [0.1, 0.15) is 17.7 Å². The number of nitrogens with one attached hydrogen (secondary N) is 2. The number of sulfone groups is 1. The number of rotatable bonds is 7. The standard InChI is InChI=1S/C12H16N4O4S2/c1-8-9(7-14-15-8)4-3-5-13-12-10(16(17)18)6-11(21-12)22(2,19)20/h6-7,13H,3-5H2,1-2H3,(H,14,15). The lowest BCUT2D eigenvalue weighted by Crippen LogP contribution is -2.03. The molecule has 2 heterocycles. The Hall–Kier alpha value is -1.94. The molecule has 0 bridgehead atoms. The van der Waals surface area contributed by atoms with Gasteiger partial charge in [0, 0.05) is 24.6 Å². The van der Waals surface area contributed by atoms with Crippen LogP contribution in [0.3, 0.4) is 0 Å². The highest BCUT2D eigenvalue weighted by Gasteiger charge is 2.23. The zero-order chi connectivity index (χ0) is 16.3. The van der Waals surface area contributed by atoms with Gasteiger partial charge >= 0.3 is 5.69 Å². The summed E-state index contributed by atoms with van der Waals surface area (Å²) in [7, 11) is -3.45. The van der Waals surface area contributed by atoms with Gasteiger partial charge in [0.05, 0.1) is 11.1 Å². The fourth-order valence-electron chi connectivity index (χ4n) is 1.91. The summed E-state index contributed by atoms with van der Waals surface area (Å²) in [6.07, 6.45) is 4.33. The van der Waals surface area contributed by atoms with Crippen molar-refractivity contribution in [1.29, 1.82) is 0 Å². The minimum Gasteiger partial charge on any atom is -0.371 e. The van der Waals surface area contributed by atoms with E-state index in [1.54, 1.807) is 6.20 Å². The molecule has 0 aliphatic rings. The van der Waals surface area contributed by atoms with Crippen molar-refractivity contribution in [3.8, 4) is 0 Å². The molecule has 22 heavy (non-hydrogen) atoms. The summed E-state index contributed by atoms with van der Waals surface area (Å²) in [5, 5.41) is 21.0. The molecule has 10 heteroatoms. The highest BCUT2D eigenvalue weighted by atomic mass is 32.2. The topological polar surface area (TPSA) is 118 Å². The van der Waals surface area contributed by atoms with Crippen molar-refractivity contribution in [1.82, 2.24) is 10.2 Å². The Kier molecular flexibility index (Phi) is 4.81. The molecule has 0 aromatic carbocycles. The second-order valence-electron chi connectivity index (χ2n) is 4.86. The van der Waals surface area contributed by atoms with Gasteiger partial charge in [-0.25, -0.2) is 8.42 Å². The first-order valence-corrected chi connectivity index (χ1v) is 9.21. The van der Waals surface area contributed by atoms with Gasteiger partial charge in [0.15, 0.2) is 14.8 Å². The Morgan fingerprint density at radius 2 is 2.23 bits per heavy atom. The van der Waals surface area contributed by atoms with E-state index < -0.39 is 14.8 Å². The van der Waals surface area contributed by atoms with Gasteiger partial charge in [-0.2, -0.15) is 5.10 Å². The number of nitrogens with zero attached hydrogens (tertiary/aromatic N) is 2. The third kappa shape index (κ3) is 3.83. The van der Waals surface area contributed by atoms with Crippen LogP contribution < -0.4 is 5.32 Å². The number of anilines is 1. The number of nitro groups is 1. The molecule has 2 N–H and O–H groups in total. The Labute approximate surface area is 131 Å². The Balaban J connectivity index is 2.01. The van der Waals surface area contributed by atoms with E-state index in [0.29, 0.717) is 6.54 Å². The van der Waals surface area contributed by atoms with E-state index in [0.717, 1.165) is 47.8 Å². The van der Waals surface area contributed by atoms with Gasteiger partial charge in [-0.3, -0.25) is 15.2 Å². The van der Waals surface area contributed by atoms with Crippen LogP contribution in [0.4, 0.5) is 10.7 Å². The van der Waals surface area contributed by atoms with Crippen LogP contribution in [-0.4, -0.2) is 36.3 Å². The van der Waals surface area contributed by atoms with Gasteiger partial charge in [0.25, 0.3) is 0 Å². The fraction of sp³-hybridized carbons (Fsp3) is 0.417. The minimum absolute atomic E-state index is 0.00706. The summed E-state index contributed by atoms with van der Waals surface area (Å²) in [4.78, 5) is 10.4. The van der Waals surface area contributed by atoms with Gasteiger partial charge < -0.3 is 5.32 Å². The summed E-state index contributed by atoms with van der Waals surface area (Å²) in [6.45, 7) is 2.44. The molecule has 0 fully saturated rings. The Bertz CT molecular complexity index is 779. The molecular weight excluding hydrogens is 328 g/mol. The second kappa shape index (κ2) is 6.44. The molecule has 120 valence electrons. The van der Waals surface area contributed by atoms with Crippen LogP contribution in [0, 0.1) is 17.0 Å². The molecule has 8 nitrogen and oxygen atoms in total. The number of aromatic amines is 1. The first-order valence-electron chi connectivity index (χ1n) is 6.50. The number of hydrogen-bond acceptors (Lipinski definition) is 7. The van der Waals surface area contributed by atoms with Crippen molar-refractivity contribution >= 4 is 31.9 Å². The molecule has 2 aromatic heterocycles. The number of thiophene rings is 1. The van der Waals surface area contributed by atoms with Crippen molar-refractivity contribution in [3.63, 3.8) is 0 Å². The maximum Gasteiger partial charge on any atom is 0.304 e. The van der Waals surface area contributed by atoms with E-state index in [1.807, 2.05) is 6.92 Å². The van der Waals surface area contributed by atoms with Crippen molar-refractivity contribution in [3.05, 3.63) is 33.6 Å².